The second-order valence-electron chi connectivity index (χ2n) is 4.30. The first-order valence-electron chi connectivity index (χ1n) is 6.17. The Bertz CT molecular complexity index is 614. The fraction of sp³-hybridized carbons (Fsp3) is 0.214. The van der Waals surface area contributed by atoms with Crippen LogP contribution in [0.1, 0.15) is 21.5 Å². The molecule has 21 heavy (non-hydrogen) atoms. The smallest absolute Gasteiger partial charge is 0.352 e. The van der Waals surface area contributed by atoms with E-state index in [2.05, 4.69) is 15.3 Å². The Kier molecular flexibility index (Phi) is 4.52. The summed E-state index contributed by atoms with van der Waals surface area (Å²) in [4.78, 5) is 19.5. The average molecular weight is 295 g/mol. The molecule has 4 nitrogen and oxygen atoms in total. The van der Waals surface area contributed by atoms with Crippen molar-refractivity contribution in [2.24, 2.45) is 0 Å². The van der Waals surface area contributed by atoms with Crippen molar-refractivity contribution in [3.05, 3.63) is 59.7 Å². The Morgan fingerprint density at radius 2 is 1.81 bits per heavy atom. The maximum Gasteiger partial charge on any atom is 0.417 e. The van der Waals surface area contributed by atoms with E-state index in [-0.39, 0.29) is 12.1 Å². The van der Waals surface area contributed by atoms with Crippen LogP contribution in [0.4, 0.5) is 13.2 Å². The molecule has 0 aliphatic heterocycles. The summed E-state index contributed by atoms with van der Waals surface area (Å²) in [5.41, 5.74) is -0.526. The van der Waals surface area contributed by atoms with E-state index in [4.69, 9.17) is 0 Å². The molecule has 1 N–H and O–H groups in total. The molecule has 1 aromatic carbocycles. The van der Waals surface area contributed by atoms with Crippen molar-refractivity contribution in [3.63, 3.8) is 0 Å². The molecule has 2 rings (SSSR count). The molecule has 1 amide bonds. The van der Waals surface area contributed by atoms with E-state index in [0.717, 1.165) is 17.7 Å². The second kappa shape index (κ2) is 6.34. The molecule has 0 radical (unpaired) electrons. The third-order valence-electron chi connectivity index (χ3n) is 2.79. The largest absolute Gasteiger partial charge is 0.417 e. The summed E-state index contributed by atoms with van der Waals surface area (Å²) in [6.07, 6.45) is 0.440. The minimum absolute atomic E-state index is 0.207. The van der Waals surface area contributed by atoms with Gasteiger partial charge in [-0.3, -0.25) is 4.79 Å². The van der Waals surface area contributed by atoms with Crippen LogP contribution in [0.5, 0.6) is 0 Å². The summed E-state index contributed by atoms with van der Waals surface area (Å²) < 4.78 is 38.4. The molecular weight excluding hydrogens is 283 g/mol. The van der Waals surface area contributed by atoms with Gasteiger partial charge in [0.1, 0.15) is 6.33 Å². The number of hydrogen-bond donors (Lipinski definition) is 1. The fourth-order valence-electron chi connectivity index (χ4n) is 1.80. The minimum Gasteiger partial charge on any atom is -0.352 e. The van der Waals surface area contributed by atoms with E-state index in [1.165, 1.54) is 18.5 Å². The lowest BCUT2D eigenvalue weighted by Gasteiger charge is -2.12. The molecule has 0 bridgehead atoms. The molecule has 1 heterocycles. The number of benzene rings is 1. The normalized spacial score (nSPS) is 11.2. The summed E-state index contributed by atoms with van der Waals surface area (Å²) in [6, 6.07) is 4.69. The van der Waals surface area contributed by atoms with Crippen LogP contribution in [0.3, 0.4) is 0 Å². The zero-order chi connectivity index (χ0) is 15.3. The molecule has 0 spiro atoms. The fourth-order valence-corrected chi connectivity index (χ4v) is 1.80. The van der Waals surface area contributed by atoms with Gasteiger partial charge >= 0.3 is 6.18 Å². The topological polar surface area (TPSA) is 54.9 Å². The predicted octanol–water partition coefficient (Wildman–Crippen LogP) is 2.47. The first-order chi connectivity index (χ1) is 9.98. The first-order valence-corrected chi connectivity index (χ1v) is 6.17. The predicted molar refractivity (Wildman–Crippen MR) is 69.5 cm³/mol. The van der Waals surface area contributed by atoms with Crippen molar-refractivity contribution < 1.29 is 18.0 Å². The molecule has 110 valence electrons. The van der Waals surface area contributed by atoms with Crippen molar-refractivity contribution in [1.82, 2.24) is 15.3 Å². The quantitative estimate of drug-likeness (QED) is 0.942. The highest BCUT2D eigenvalue weighted by molar-refractivity contribution is 5.95. The highest BCUT2D eigenvalue weighted by Crippen LogP contribution is 2.31. The monoisotopic (exact) mass is 295 g/mol. The Balaban J connectivity index is 2.01. The molecule has 0 saturated carbocycles. The van der Waals surface area contributed by atoms with E-state index in [1.54, 1.807) is 12.4 Å². The van der Waals surface area contributed by atoms with Crippen LogP contribution in [-0.4, -0.2) is 22.4 Å². The summed E-state index contributed by atoms with van der Waals surface area (Å²) in [5.74, 6) is -0.750. The molecule has 0 fully saturated rings. The van der Waals surface area contributed by atoms with E-state index < -0.39 is 17.6 Å². The maximum atomic E-state index is 12.8. The van der Waals surface area contributed by atoms with Crippen molar-refractivity contribution in [1.29, 1.82) is 0 Å². The van der Waals surface area contributed by atoms with Gasteiger partial charge in [0.25, 0.3) is 5.91 Å². The molecule has 0 saturated heterocycles. The standard InChI is InChI=1S/C14H12F3N3O/c15-14(16,17)12-4-2-1-3-11(12)13(21)20-6-5-10-7-18-9-19-8-10/h1-4,7-9H,5-6H2,(H,20,21). The SMILES string of the molecule is O=C(NCCc1cncnc1)c1ccccc1C(F)(F)F. The van der Waals surface area contributed by atoms with Gasteiger partial charge in [-0.15, -0.1) is 0 Å². The number of hydrogen-bond acceptors (Lipinski definition) is 3. The molecule has 2 aromatic rings. The first kappa shape index (κ1) is 15.0. The molecule has 0 unspecified atom stereocenters. The van der Waals surface area contributed by atoms with Gasteiger partial charge in [-0.2, -0.15) is 13.2 Å². The van der Waals surface area contributed by atoms with Crippen LogP contribution in [-0.2, 0) is 12.6 Å². The van der Waals surface area contributed by atoms with Gasteiger partial charge in [0.05, 0.1) is 11.1 Å². The number of alkyl halides is 3. The van der Waals surface area contributed by atoms with Gasteiger partial charge in [-0.25, -0.2) is 9.97 Å². The van der Waals surface area contributed by atoms with Crippen molar-refractivity contribution in [3.8, 4) is 0 Å². The van der Waals surface area contributed by atoms with E-state index >= 15 is 0 Å². The number of amides is 1. The van der Waals surface area contributed by atoms with Crippen molar-refractivity contribution >= 4 is 5.91 Å². The van der Waals surface area contributed by atoms with Crippen LogP contribution in [0.15, 0.2) is 43.0 Å². The lowest BCUT2D eigenvalue weighted by Crippen LogP contribution is -2.28. The number of carbonyl (C=O) groups excluding carboxylic acids is 1. The number of nitrogens with one attached hydrogen (secondary N) is 1. The van der Waals surface area contributed by atoms with Crippen LogP contribution in [0.2, 0.25) is 0 Å². The maximum absolute atomic E-state index is 12.8. The second-order valence-corrected chi connectivity index (χ2v) is 4.30. The highest BCUT2D eigenvalue weighted by atomic mass is 19.4. The number of aromatic nitrogens is 2. The summed E-state index contributed by atoms with van der Waals surface area (Å²) >= 11 is 0. The minimum atomic E-state index is -4.55. The Hall–Kier alpha value is -2.44. The number of nitrogens with zero attached hydrogens (tertiary/aromatic N) is 2. The van der Waals surface area contributed by atoms with Crippen molar-refractivity contribution in [2.75, 3.05) is 6.54 Å². The molecule has 0 aliphatic rings. The summed E-state index contributed by atoms with van der Waals surface area (Å²) in [5, 5.41) is 2.47. The Morgan fingerprint density at radius 1 is 1.14 bits per heavy atom. The van der Waals surface area contributed by atoms with Crippen LogP contribution >= 0.6 is 0 Å². The number of carbonyl (C=O) groups is 1. The van der Waals surface area contributed by atoms with Crippen molar-refractivity contribution in [2.45, 2.75) is 12.6 Å². The van der Waals surface area contributed by atoms with Crippen LogP contribution < -0.4 is 5.32 Å². The van der Waals surface area contributed by atoms with Crippen LogP contribution in [0, 0.1) is 0 Å². The summed E-state index contributed by atoms with van der Waals surface area (Å²) in [7, 11) is 0. The Morgan fingerprint density at radius 3 is 2.48 bits per heavy atom. The molecule has 7 heteroatoms. The third kappa shape index (κ3) is 4.01. The number of halogens is 3. The van der Waals surface area contributed by atoms with Gasteiger partial charge in [-0.05, 0) is 24.1 Å². The van der Waals surface area contributed by atoms with E-state index in [1.807, 2.05) is 0 Å². The third-order valence-corrected chi connectivity index (χ3v) is 2.79. The average Bonchev–Trinajstić information content (AvgIpc) is 2.47. The molecule has 1 aromatic heterocycles. The lowest BCUT2D eigenvalue weighted by molar-refractivity contribution is -0.137. The van der Waals surface area contributed by atoms with Gasteiger partial charge in [0.15, 0.2) is 0 Å². The molecule has 0 atom stereocenters. The highest BCUT2D eigenvalue weighted by Gasteiger charge is 2.34. The van der Waals surface area contributed by atoms with E-state index in [0.29, 0.717) is 6.42 Å². The van der Waals surface area contributed by atoms with Gasteiger partial charge in [0, 0.05) is 18.9 Å². The van der Waals surface area contributed by atoms with Crippen LogP contribution in [0.25, 0.3) is 0 Å². The molecule has 0 aliphatic carbocycles. The zero-order valence-corrected chi connectivity index (χ0v) is 10.9. The number of rotatable bonds is 4. The molecular formula is C14H12F3N3O. The Labute approximate surface area is 119 Å². The van der Waals surface area contributed by atoms with Gasteiger partial charge < -0.3 is 5.32 Å². The van der Waals surface area contributed by atoms with Gasteiger partial charge in [0.2, 0.25) is 0 Å². The lowest BCUT2D eigenvalue weighted by atomic mass is 10.1. The van der Waals surface area contributed by atoms with Gasteiger partial charge in [-0.1, -0.05) is 12.1 Å². The summed E-state index contributed by atoms with van der Waals surface area (Å²) in [6.45, 7) is 0.207. The van der Waals surface area contributed by atoms with E-state index in [9.17, 15) is 18.0 Å². The zero-order valence-electron chi connectivity index (χ0n) is 10.9.